The maximum absolute atomic E-state index is 12.9. The number of hydrogen-bond acceptors (Lipinski definition) is 4. The highest BCUT2D eigenvalue weighted by molar-refractivity contribution is 9.10. The zero-order chi connectivity index (χ0) is 22.2. The van der Waals surface area contributed by atoms with E-state index in [0.29, 0.717) is 40.0 Å². The molecule has 7 heteroatoms. The Morgan fingerprint density at radius 1 is 0.968 bits per heavy atom. The van der Waals surface area contributed by atoms with Gasteiger partial charge in [-0.3, -0.25) is 4.79 Å². The van der Waals surface area contributed by atoms with Crippen molar-refractivity contribution in [3.8, 4) is 17.2 Å². The van der Waals surface area contributed by atoms with Gasteiger partial charge in [0.1, 0.15) is 5.75 Å². The summed E-state index contributed by atoms with van der Waals surface area (Å²) in [4.78, 5) is 12.9. The summed E-state index contributed by atoms with van der Waals surface area (Å²) in [5, 5.41) is 3.38. The van der Waals surface area contributed by atoms with Crippen molar-refractivity contribution in [2.24, 2.45) is 0 Å². The molecule has 0 aromatic heterocycles. The van der Waals surface area contributed by atoms with Crippen molar-refractivity contribution in [1.29, 1.82) is 0 Å². The Morgan fingerprint density at radius 2 is 1.68 bits per heavy atom. The monoisotopic (exact) mass is 503 g/mol. The van der Waals surface area contributed by atoms with Gasteiger partial charge in [0, 0.05) is 28.5 Å². The Labute approximate surface area is 195 Å². The fraction of sp³-hybridized carbons (Fsp3) is 0.208. The Balaban J connectivity index is 1.69. The van der Waals surface area contributed by atoms with E-state index >= 15 is 0 Å². The summed E-state index contributed by atoms with van der Waals surface area (Å²) in [5.74, 6) is 1.34. The molecule has 3 aromatic rings. The van der Waals surface area contributed by atoms with Crippen LogP contribution in [0, 0.1) is 0 Å². The van der Waals surface area contributed by atoms with E-state index in [9.17, 15) is 4.79 Å². The number of ether oxygens (including phenoxy) is 3. The molecule has 0 aliphatic carbocycles. The van der Waals surface area contributed by atoms with E-state index in [0.717, 1.165) is 10.9 Å². The molecule has 31 heavy (non-hydrogen) atoms. The normalized spacial score (nSPS) is 10.5. The molecule has 0 bridgehead atoms. The first kappa shape index (κ1) is 23.0. The molecule has 0 aliphatic rings. The topological polar surface area (TPSA) is 56.8 Å². The van der Waals surface area contributed by atoms with Crippen molar-refractivity contribution in [3.63, 3.8) is 0 Å². The van der Waals surface area contributed by atoms with Crippen LogP contribution in [-0.2, 0) is 13.0 Å². The molecule has 0 unspecified atom stereocenters. The number of carbonyl (C=O) groups excluding carboxylic acids is 1. The average molecular weight is 505 g/mol. The summed E-state index contributed by atoms with van der Waals surface area (Å²) >= 11 is 9.76. The summed E-state index contributed by atoms with van der Waals surface area (Å²) in [6.45, 7) is 0.696. The van der Waals surface area contributed by atoms with Crippen molar-refractivity contribution in [3.05, 3.63) is 86.8 Å². The van der Waals surface area contributed by atoms with Crippen molar-refractivity contribution >= 4 is 33.4 Å². The molecule has 5 nitrogen and oxygen atoms in total. The van der Waals surface area contributed by atoms with Crippen LogP contribution in [0.1, 0.15) is 21.5 Å². The first-order valence-corrected chi connectivity index (χ1v) is 10.8. The fourth-order valence-electron chi connectivity index (χ4n) is 3.03. The molecule has 0 fully saturated rings. The van der Waals surface area contributed by atoms with E-state index in [4.69, 9.17) is 25.8 Å². The highest BCUT2D eigenvalue weighted by Crippen LogP contribution is 2.33. The third-order valence-corrected chi connectivity index (χ3v) is 5.51. The number of nitrogens with one attached hydrogen (secondary N) is 1. The van der Waals surface area contributed by atoms with Gasteiger partial charge in [0.2, 0.25) is 0 Å². The first-order chi connectivity index (χ1) is 15.0. The number of carbonyl (C=O) groups is 1. The molecule has 3 aromatic carbocycles. The van der Waals surface area contributed by atoms with Crippen LogP contribution in [0.2, 0.25) is 5.02 Å². The van der Waals surface area contributed by atoms with E-state index in [-0.39, 0.29) is 12.5 Å². The highest BCUT2D eigenvalue weighted by atomic mass is 79.9. The average Bonchev–Trinajstić information content (AvgIpc) is 2.79. The van der Waals surface area contributed by atoms with Gasteiger partial charge in [-0.25, -0.2) is 0 Å². The molecule has 0 radical (unpaired) electrons. The fourth-order valence-corrected chi connectivity index (χ4v) is 3.61. The lowest BCUT2D eigenvalue weighted by Crippen LogP contribution is -2.24. The van der Waals surface area contributed by atoms with E-state index in [1.165, 1.54) is 5.56 Å². The molecule has 1 amide bonds. The van der Waals surface area contributed by atoms with Gasteiger partial charge in [-0.2, -0.15) is 0 Å². The van der Waals surface area contributed by atoms with Crippen LogP contribution < -0.4 is 19.5 Å². The summed E-state index contributed by atoms with van der Waals surface area (Å²) in [7, 11) is 3.09. The van der Waals surface area contributed by atoms with E-state index in [1.807, 2.05) is 36.4 Å². The van der Waals surface area contributed by atoms with Gasteiger partial charge in [-0.15, -0.1) is 0 Å². The molecule has 162 valence electrons. The summed E-state index contributed by atoms with van der Waals surface area (Å²) < 4.78 is 17.3. The Hall–Kier alpha value is -2.70. The van der Waals surface area contributed by atoms with Crippen LogP contribution in [0.4, 0.5) is 0 Å². The second-order valence-corrected chi connectivity index (χ2v) is 8.03. The van der Waals surface area contributed by atoms with Crippen molar-refractivity contribution in [2.45, 2.75) is 13.0 Å². The molecule has 0 saturated heterocycles. The van der Waals surface area contributed by atoms with Crippen molar-refractivity contribution < 1.29 is 19.0 Å². The molecule has 0 saturated carbocycles. The standard InChI is InChI=1S/C24H23BrClNO4/c1-29-22-12-17(20(26)14-23(22)30-2)15-27-24(28)19-13-18(25)8-9-21(19)31-11-10-16-6-4-3-5-7-16/h3-9,12-14H,10-11,15H2,1-2H3,(H,27,28). The quantitative estimate of drug-likeness (QED) is 0.408. The molecule has 0 spiro atoms. The third kappa shape index (κ3) is 6.15. The molecule has 3 rings (SSSR count). The van der Waals surface area contributed by atoms with Crippen LogP contribution in [0.25, 0.3) is 0 Å². The van der Waals surface area contributed by atoms with Crippen LogP contribution in [0.5, 0.6) is 17.2 Å². The van der Waals surface area contributed by atoms with Crippen LogP contribution >= 0.6 is 27.5 Å². The first-order valence-electron chi connectivity index (χ1n) is 9.66. The lowest BCUT2D eigenvalue weighted by Gasteiger charge is -2.14. The van der Waals surface area contributed by atoms with Crippen LogP contribution in [-0.4, -0.2) is 26.7 Å². The lowest BCUT2D eigenvalue weighted by molar-refractivity contribution is 0.0947. The minimum absolute atomic E-state index is 0.230. The Kier molecular flexibility index (Phi) is 8.20. The Morgan fingerprint density at radius 3 is 2.39 bits per heavy atom. The lowest BCUT2D eigenvalue weighted by atomic mass is 10.1. The third-order valence-electron chi connectivity index (χ3n) is 4.67. The summed E-state index contributed by atoms with van der Waals surface area (Å²) in [6.07, 6.45) is 0.749. The molecule has 0 atom stereocenters. The second kappa shape index (κ2) is 11.1. The number of hydrogen-bond donors (Lipinski definition) is 1. The molecular weight excluding hydrogens is 482 g/mol. The van der Waals surface area contributed by atoms with Crippen molar-refractivity contribution in [2.75, 3.05) is 20.8 Å². The smallest absolute Gasteiger partial charge is 0.255 e. The minimum Gasteiger partial charge on any atom is -0.493 e. The van der Waals surface area contributed by atoms with Gasteiger partial charge in [-0.1, -0.05) is 57.9 Å². The van der Waals surface area contributed by atoms with Gasteiger partial charge in [0.05, 0.1) is 26.4 Å². The van der Waals surface area contributed by atoms with Gasteiger partial charge in [0.15, 0.2) is 11.5 Å². The summed E-state index contributed by atoms with van der Waals surface area (Å²) in [6, 6.07) is 18.8. The predicted octanol–water partition coefficient (Wildman–Crippen LogP) is 5.67. The van der Waals surface area contributed by atoms with Gasteiger partial charge in [-0.05, 0) is 35.4 Å². The van der Waals surface area contributed by atoms with Crippen molar-refractivity contribution in [1.82, 2.24) is 5.32 Å². The summed E-state index contributed by atoms with van der Waals surface area (Å²) in [5.41, 5.74) is 2.34. The maximum Gasteiger partial charge on any atom is 0.255 e. The largest absolute Gasteiger partial charge is 0.493 e. The van der Waals surface area contributed by atoms with Gasteiger partial charge in [0.25, 0.3) is 5.91 Å². The SMILES string of the molecule is COc1cc(Cl)c(CNC(=O)c2cc(Br)ccc2OCCc2ccccc2)cc1OC. The van der Waals surface area contributed by atoms with Gasteiger partial charge < -0.3 is 19.5 Å². The van der Waals surface area contributed by atoms with E-state index in [2.05, 4.69) is 21.2 Å². The molecule has 1 N–H and O–H groups in total. The van der Waals surface area contributed by atoms with Crippen LogP contribution in [0.3, 0.4) is 0 Å². The number of halogens is 2. The number of methoxy groups -OCH3 is 2. The molecule has 0 aliphatic heterocycles. The zero-order valence-corrected chi connectivity index (χ0v) is 19.6. The van der Waals surface area contributed by atoms with Gasteiger partial charge >= 0.3 is 0 Å². The molecular formula is C24H23BrClNO4. The number of amides is 1. The highest BCUT2D eigenvalue weighted by Gasteiger charge is 2.15. The predicted molar refractivity (Wildman–Crippen MR) is 126 cm³/mol. The second-order valence-electron chi connectivity index (χ2n) is 6.71. The van der Waals surface area contributed by atoms with E-state index in [1.54, 1.807) is 38.5 Å². The Bertz CT molecular complexity index is 1040. The number of rotatable bonds is 9. The van der Waals surface area contributed by atoms with E-state index < -0.39 is 0 Å². The number of benzene rings is 3. The zero-order valence-electron chi connectivity index (χ0n) is 17.3. The minimum atomic E-state index is -0.262. The molecule has 0 heterocycles. The maximum atomic E-state index is 12.9. The van der Waals surface area contributed by atoms with Crippen LogP contribution in [0.15, 0.2) is 65.1 Å².